The Hall–Kier alpha value is -2.55. The topological polar surface area (TPSA) is 119 Å². The predicted octanol–water partition coefficient (Wildman–Crippen LogP) is 1.92. The summed E-state index contributed by atoms with van der Waals surface area (Å²) in [6, 6.07) is 6.62. The number of rotatable bonds is 6. The molecule has 1 aromatic rings. The van der Waals surface area contributed by atoms with Crippen LogP contribution in [0.5, 0.6) is 0 Å². The van der Waals surface area contributed by atoms with Crippen molar-refractivity contribution >= 4 is 29.4 Å². The highest BCUT2D eigenvalue weighted by atomic mass is 32.2. The lowest BCUT2D eigenvalue weighted by Crippen LogP contribution is -2.48. The van der Waals surface area contributed by atoms with E-state index in [1.807, 2.05) is 0 Å². The molecule has 144 valence electrons. The fraction of sp³-hybridized carbons (Fsp3) is 0.263. The molecule has 0 spiro atoms. The molecule has 0 saturated carbocycles. The summed E-state index contributed by atoms with van der Waals surface area (Å²) in [4.78, 5) is 25.5. The van der Waals surface area contributed by atoms with E-state index in [1.54, 1.807) is 30.3 Å². The number of para-hydroxylation sites is 1. The number of nitrogen functional groups attached to an aromatic ring is 1. The van der Waals surface area contributed by atoms with Crippen LogP contribution >= 0.6 is 11.8 Å². The van der Waals surface area contributed by atoms with Crippen LogP contribution in [0.25, 0.3) is 0 Å². The molecule has 0 fully saturated rings. The van der Waals surface area contributed by atoms with Crippen LogP contribution in [0.1, 0.15) is 13.3 Å². The van der Waals surface area contributed by atoms with Gasteiger partial charge in [-0.15, -0.1) is 0 Å². The standard InChI is InChI=1S/C19H21NO6S/c1-12-8-10-13(11-9-12)19(23,24)26-17(22)18(2,16(21)25-3)27-15-7-5-4-6-14(15)20/h4-8,10-11,23-24H,1,9,20H2,2-3H3. The molecule has 0 aliphatic heterocycles. The van der Waals surface area contributed by atoms with Crippen LogP contribution in [0.15, 0.2) is 65.1 Å². The number of ether oxygens (including phenoxy) is 2. The van der Waals surface area contributed by atoms with E-state index in [0.29, 0.717) is 17.0 Å². The molecule has 0 saturated heterocycles. The number of thioether (sulfide) groups is 1. The maximum absolute atomic E-state index is 12.7. The van der Waals surface area contributed by atoms with Gasteiger partial charge in [0, 0.05) is 10.6 Å². The van der Waals surface area contributed by atoms with Crippen molar-refractivity contribution in [3.05, 3.63) is 60.2 Å². The van der Waals surface area contributed by atoms with Gasteiger partial charge in [-0.3, -0.25) is 0 Å². The maximum Gasteiger partial charge on any atom is 0.353 e. The van der Waals surface area contributed by atoms with Gasteiger partial charge in [0.15, 0.2) is 0 Å². The Morgan fingerprint density at radius 2 is 1.89 bits per heavy atom. The number of methoxy groups -OCH3 is 1. The minimum Gasteiger partial charge on any atom is -0.468 e. The molecule has 8 heteroatoms. The molecule has 1 aliphatic carbocycles. The van der Waals surface area contributed by atoms with E-state index in [4.69, 9.17) is 15.2 Å². The van der Waals surface area contributed by atoms with Gasteiger partial charge in [-0.05, 0) is 31.6 Å². The second-order valence-electron chi connectivity index (χ2n) is 6.02. The fourth-order valence-corrected chi connectivity index (χ4v) is 3.33. The Morgan fingerprint density at radius 1 is 1.22 bits per heavy atom. The Kier molecular flexibility index (Phi) is 6.15. The number of esters is 2. The summed E-state index contributed by atoms with van der Waals surface area (Å²) in [5.41, 5.74) is 6.94. The second kappa shape index (κ2) is 7.99. The third-order valence-corrected chi connectivity index (χ3v) is 5.22. The average Bonchev–Trinajstić information content (AvgIpc) is 2.62. The number of carbonyl (C=O) groups is 2. The molecule has 0 heterocycles. The average molecular weight is 391 g/mol. The first-order valence-electron chi connectivity index (χ1n) is 7.97. The zero-order valence-electron chi connectivity index (χ0n) is 15.0. The summed E-state index contributed by atoms with van der Waals surface area (Å²) in [5.74, 6) is -5.02. The van der Waals surface area contributed by atoms with Crippen molar-refractivity contribution in [2.75, 3.05) is 12.8 Å². The lowest BCUT2D eigenvalue weighted by atomic mass is 10.0. The number of allylic oxidation sites excluding steroid dienone is 3. The summed E-state index contributed by atoms with van der Waals surface area (Å²) >= 11 is 0.798. The van der Waals surface area contributed by atoms with Gasteiger partial charge in [-0.1, -0.05) is 48.2 Å². The van der Waals surface area contributed by atoms with E-state index in [0.717, 1.165) is 24.4 Å². The van der Waals surface area contributed by atoms with Crippen LogP contribution in [-0.2, 0) is 19.1 Å². The van der Waals surface area contributed by atoms with Gasteiger partial charge in [-0.25, -0.2) is 9.59 Å². The molecular weight excluding hydrogens is 370 g/mol. The number of carbonyl (C=O) groups excluding carboxylic acids is 2. The summed E-state index contributed by atoms with van der Waals surface area (Å²) in [6.07, 6.45) is 4.78. The second-order valence-corrected chi connectivity index (χ2v) is 7.48. The largest absolute Gasteiger partial charge is 0.468 e. The van der Waals surface area contributed by atoms with Gasteiger partial charge >= 0.3 is 17.9 Å². The quantitative estimate of drug-likeness (QED) is 0.221. The molecule has 0 bridgehead atoms. The minimum absolute atomic E-state index is 0.0420. The third-order valence-electron chi connectivity index (χ3n) is 3.89. The van der Waals surface area contributed by atoms with E-state index in [1.165, 1.54) is 19.1 Å². The van der Waals surface area contributed by atoms with Gasteiger partial charge < -0.3 is 25.4 Å². The number of hydrogen-bond acceptors (Lipinski definition) is 8. The Balaban J connectivity index is 2.29. The molecule has 1 aromatic carbocycles. The molecule has 1 aliphatic rings. The molecule has 1 atom stereocenters. The van der Waals surface area contributed by atoms with E-state index in [2.05, 4.69) is 6.58 Å². The molecule has 27 heavy (non-hydrogen) atoms. The Labute approximate surface area is 161 Å². The van der Waals surface area contributed by atoms with Crippen LogP contribution in [0.3, 0.4) is 0 Å². The van der Waals surface area contributed by atoms with E-state index in [-0.39, 0.29) is 5.57 Å². The molecule has 4 N–H and O–H groups in total. The van der Waals surface area contributed by atoms with Crippen molar-refractivity contribution in [2.24, 2.45) is 0 Å². The third kappa shape index (κ3) is 4.60. The van der Waals surface area contributed by atoms with Gasteiger partial charge in [0.2, 0.25) is 4.75 Å². The van der Waals surface area contributed by atoms with E-state index >= 15 is 0 Å². The van der Waals surface area contributed by atoms with Crippen LogP contribution in [0.2, 0.25) is 0 Å². The van der Waals surface area contributed by atoms with Crippen molar-refractivity contribution in [3.63, 3.8) is 0 Å². The van der Waals surface area contributed by atoms with Crippen molar-refractivity contribution in [2.45, 2.75) is 29.0 Å². The lowest BCUT2D eigenvalue weighted by Gasteiger charge is -2.30. The molecular formula is C19H21NO6S. The van der Waals surface area contributed by atoms with Gasteiger partial charge in [0.25, 0.3) is 0 Å². The molecule has 0 radical (unpaired) electrons. The Morgan fingerprint density at radius 3 is 2.44 bits per heavy atom. The molecule has 0 aromatic heterocycles. The van der Waals surface area contributed by atoms with Crippen LogP contribution in [0, 0.1) is 0 Å². The maximum atomic E-state index is 12.7. The summed E-state index contributed by atoms with van der Waals surface area (Å²) in [5, 5.41) is 20.4. The smallest absolute Gasteiger partial charge is 0.353 e. The van der Waals surface area contributed by atoms with E-state index < -0.39 is 22.7 Å². The highest BCUT2D eigenvalue weighted by Crippen LogP contribution is 2.39. The summed E-state index contributed by atoms with van der Waals surface area (Å²) in [6.45, 7) is 5.01. The number of aliphatic hydroxyl groups is 2. The van der Waals surface area contributed by atoms with Crippen molar-refractivity contribution in [3.8, 4) is 0 Å². The van der Waals surface area contributed by atoms with Crippen molar-refractivity contribution in [1.82, 2.24) is 0 Å². The molecule has 7 nitrogen and oxygen atoms in total. The van der Waals surface area contributed by atoms with Gasteiger partial charge in [0.05, 0.1) is 12.7 Å². The number of nitrogens with two attached hydrogens (primary N) is 1. The predicted molar refractivity (Wildman–Crippen MR) is 101 cm³/mol. The normalized spacial score (nSPS) is 16.3. The first-order chi connectivity index (χ1) is 12.6. The van der Waals surface area contributed by atoms with Crippen molar-refractivity contribution < 1.29 is 29.3 Å². The lowest BCUT2D eigenvalue weighted by molar-refractivity contribution is -0.292. The summed E-state index contributed by atoms with van der Waals surface area (Å²) in [7, 11) is 1.12. The number of benzene rings is 1. The van der Waals surface area contributed by atoms with E-state index in [9.17, 15) is 19.8 Å². The highest BCUT2D eigenvalue weighted by Gasteiger charge is 2.49. The Bertz CT molecular complexity index is 829. The zero-order chi connectivity index (χ0) is 20.2. The molecule has 0 amide bonds. The zero-order valence-corrected chi connectivity index (χ0v) is 15.8. The minimum atomic E-state index is -2.91. The summed E-state index contributed by atoms with van der Waals surface area (Å²) < 4.78 is 7.68. The molecule has 1 unspecified atom stereocenters. The van der Waals surface area contributed by atoms with Crippen molar-refractivity contribution in [1.29, 1.82) is 0 Å². The fourth-order valence-electron chi connectivity index (χ4n) is 2.27. The highest BCUT2D eigenvalue weighted by molar-refractivity contribution is 8.02. The first-order valence-corrected chi connectivity index (χ1v) is 8.78. The van der Waals surface area contributed by atoms with Crippen LogP contribution in [-0.4, -0.2) is 40.0 Å². The first kappa shape index (κ1) is 20.8. The van der Waals surface area contributed by atoms with Gasteiger partial charge in [-0.2, -0.15) is 0 Å². The number of anilines is 1. The van der Waals surface area contributed by atoms with Gasteiger partial charge in [0.1, 0.15) is 0 Å². The SMILES string of the molecule is C=C1C=CC(C(O)(O)OC(=O)C(C)(Sc2ccccc2N)C(=O)OC)=CC1. The van der Waals surface area contributed by atoms with Crippen LogP contribution < -0.4 is 5.73 Å². The number of hydrogen-bond donors (Lipinski definition) is 3. The monoisotopic (exact) mass is 391 g/mol. The molecule has 2 rings (SSSR count). The van der Waals surface area contributed by atoms with Crippen LogP contribution in [0.4, 0.5) is 5.69 Å².